The molecule has 0 saturated heterocycles. The number of hydrogen-bond acceptors (Lipinski definition) is 4. The Kier molecular flexibility index (Phi) is 3.24. The van der Waals surface area contributed by atoms with Gasteiger partial charge in [0.25, 0.3) is 5.89 Å². The summed E-state index contributed by atoms with van der Waals surface area (Å²) in [5.41, 5.74) is 2.16. The summed E-state index contributed by atoms with van der Waals surface area (Å²) < 4.78 is 4.95. The lowest BCUT2D eigenvalue weighted by Crippen LogP contribution is -1.91. The van der Waals surface area contributed by atoms with Crippen molar-refractivity contribution in [3.63, 3.8) is 0 Å². The zero-order valence-corrected chi connectivity index (χ0v) is 10.2. The Bertz CT molecular complexity index is 486. The van der Waals surface area contributed by atoms with Crippen LogP contribution in [0.25, 0.3) is 11.4 Å². The summed E-state index contributed by atoms with van der Waals surface area (Å²) >= 11 is 0. The summed E-state index contributed by atoms with van der Waals surface area (Å²) in [7, 11) is 0. The van der Waals surface area contributed by atoms with Gasteiger partial charge in [-0.25, -0.2) is 0 Å². The molecule has 0 saturated carbocycles. The molecule has 1 aromatic heterocycles. The third-order valence-electron chi connectivity index (χ3n) is 2.63. The van der Waals surface area contributed by atoms with Crippen molar-refractivity contribution in [1.29, 1.82) is 0 Å². The second-order valence-corrected chi connectivity index (χ2v) is 4.41. The molecule has 2 rings (SSSR count). The van der Waals surface area contributed by atoms with Gasteiger partial charge in [-0.05, 0) is 18.4 Å². The molecule has 0 aliphatic rings. The van der Waals surface area contributed by atoms with E-state index in [1.54, 1.807) is 6.92 Å². The predicted octanol–water partition coefficient (Wildman–Crippen LogP) is 2.91. The Morgan fingerprint density at radius 1 is 1.12 bits per heavy atom. The Balaban J connectivity index is 2.27. The molecule has 90 valence electrons. The highest BCUT2D eigenvalue weighted by molar-refractivity contribution is 5.54. The lowest BCUT2D eigenvalue weighted by Gasteiger charge is -2.04. The predicted molar refractivity (Wildman–Crippen MR) is 64.5 cm³/mol. The minimum Gasteiger partial charge on any atom is -0.384 e. The van der Waals surface area contributed by atoms with E-state index in [1.165, 1.54) is 5.56 Å². The van der Waals surface area contributed by atoms with Gasteiger partial charge in [-0.2, -0.15) is 4.98 Å². The van der Waals surface area contributed by atoms with Gasteiger partial charge in [0.05, 0.1) is 0 Å². The van der Waals surface area contributed by atoms with Crippen LogP contribution in [0.2, 0.25) is 0 Å². The van der Waals surface area contributed by atoms with E-state index in [9.17, 15) is 5.11 Å². The minimum atomic E-state index is -0.730. The van der Waals surface area contributed by atoms with Gasteiger partial charge in [-0.3, -0.25) is 0 Å². The van der Waals surface area contributed by atoms with Crippen molar-refractivity contribution < 1.29 is 9.63 Å². The highest BCUT2D eigenvalue weighted by atomic mass is 16.5. The molecule has 0 aliphatic heterocycles. The number of benzene rings is 1. The Morgan fingerprint density at radius 3 is 2.24 bits per heavy atom. The summed E-state index contributed by atoms with van der Waals surface area (Å²) in [5.74, 6) is 1.26. The van der Waals surface area contributed by atoms with Crippen molar-refractivity contribution in [2.75, 3.05) is 0 Å². The second-order valence-electron chi connectivity index (χ2n) is 4.41. The van der Waals surface area contributed by atoms with Crippen LogP contribution in [0.4, 0.5) is 0 Å². The molecule has 2 aromatic rings. The number of nitrogens with zero attached hydrogens (tertiary/aromatic N) is 2. The van der Waals surface area contributed by atoms with Crippen LogP contribution in [-0.4, -0.2) is 15.2 Å². The molecule has 0 spiro atoms. The van der Waals surface area contributed by atoms with Gasteiger partial charge in [0.15, 0.2) is 0 Å². The number of aliphatic hydroxyl groups is 1. The van der Waals surface area contributed by atoms with E-state index in [4.69, 9.17) is 4.52 Å². The Morgan fingerprint density at radius 2 is 1.76 bits per heavy atom. The molecule has 0 fully saturated rings. The van der Waals surface area contributed by atoms with Crippen LogP contribution in [-0.2, 0) is 0 Å². The normalized spacial score (nSPS) is 13.0. The molecule has 0 aliphatic carbocycles. The van der Waals surface area contributed by atoms with Crippen molar-refractivity contribution in [3.8, 4) is 11.4 Å². The molecular weight excluding hydrogens is 216 g/mol. The smallest absolute Gasteiger partial charge is 0.255 e. The number of aromatic nitrogens is 2. The van der Waals surface area contributed by atoms with Crippen LogP contribution in [0, 0.1) is 0 Å². The van der Waals surface area contributed by atoms with E-state index in [2.05, 4.69) is 36.1 Å². The molecule has 1 aromatic carbocycles. The highest BCUT2D eigenvalue weighted by Crippen LogP contribution is 2.21. The molecule has 0 radical (unpaired) electrons. The fraction of sp³-hybridized carbons (Fsp3) is 0.385. The maximum Gasteiger partial charge on any atom is 0.255 e. The van der Waals surface area contributed by atoms with Crippen molar-refractivity contribution in [2.24, 2.45) is 0 Å². The molecule has 1 N–H and O–H groups in total. The van der Waals surface area contributed by atoms with Gasteiger partial charge in [0, 0.05) is 5.56 Å². The van der Waals surface area contributed by atoms with Gasteiger partial charge >= 0.3 is 0 Å². The van der Waals surface area contributed by atoms with Crippen LogP contribution in [0.3, 0.4) is 0 Å². The first-order chi connectivity index (χ1) is 8.08. The van der Waals surface area contributed by atoms with Crippen molar-refractivity contribution >= 4 is 0 Å². The average Bonchev–Trinajstić information content (AvgIpc) is 2.78. The fourth-order valence-electron chi connectivity index (χ4n) is 1.54. The molecule has 4 heteroatoms. The molecule has 1 heterocycles. The summed E-state index contributed by atoms with van der Waals surface area (Å²) in [6.45, 7) is 5.89. The molecule has 0 unspecified atom stereocenters. The minimum absolute atomic E-state index is 0.243. The second kappa shape index (κ2) is 4.67. The fourth-order valence-corrected chi connectivity index (χ4v) is 1.54. The largest absolute Gasteiger partial charge is 0.384 e. The van der Waals surface area contributed by atoms with Crippen LogP contribution >= 0.6 is 0 Å². The number of aliphatic hydroxyl groups excluding tert-OH is 1. The van der Waals surface area contributed by atoms with Gasteiger partial charge in [-0.1, -0.05) is 43.3 Å². The zero-order valence-electron chi connectivity index (χ0n) is 10.2. The quantitative estimate of drug-likeness (QED) is 0.883. The van der Waals surface area contributed by atoms with Crippen molar-refractivity contribution in [2.45, 2.75) is 32.8 Å². The van der Waals surface area contributed by atoms with Crippen LogP contribution in [0.1, 0.15) is 44.2 Å². The van der Waals surface area contributed by atoms with E-state index in [-0.39, 0.29) is 5.89 Å². The SMILES string of the molecule is CC(C)c1ccc(-c2noc([C@H](C)O)n2)cc1. The first kappa shape index (κ1) is 11.8. The van der Waals surface area contributed by atoms with E-state index >= 15 is 0 Å². The lowest BCUT2D eigenvalue weighted by atomic mass is 10.0. The van der Waals surface area contributed by atoms with Gasteiger partial charge in [-0.15, -0.1) is 0 Å². The molecular formula is C13H16N2O2. The van der Waals surface area contributed by atoms with Crippen LogP contribution in [0.5, 0.6) is 0 Å². The van der Waals surface area contributed by atoms with E-state index in [1.807, 2.05) is 12.1 Å². The topological polar surface area (TPSA) is 59.2 Å². The highest BCUT2D eigenvalue weighted by Gasteiger charge is 2.12. The zero-order chi connectivity index (χ0) is 12.4. The maximum absolute atomic E-state index is 9.30. The lowest BCUT2D eigenvalue weighted by molar-refractivity contribution is 0.152. The van der Waals surface area contributed by atoms with Crippen molar-refractivity contribution in [3.05, 3.63) is 35.7 Å². The van der Waals surface area contributed by atoms with Gasteiger partial charge in [0.1, 0.15) is 6.10 Å². The molecule has 1 atom stereocenters. The first-order valence-corrected chi connectivity index (χ1v) is 5.70. The first-order valence-electron chi connectivity index (χ1n) is 5.70. The van der Waals surface area contributed by atoms with Gasteiger partial charge < -0.3 is 9.63 Å². The monoisotopic (exact) mass is 232 g/mol. The van der Waals surface area contributed by atoms with Gasteiger partial charge in [0.2, 0.25) is 5.82 Å². The van der Waals surface area contributed by atoms with E-state index < -0.39 is 6.10 Å². The van der Waals surface area contributed by atoms with E-state index in [0.29, 0.717) is 11.7 Å². The molecule has 4 nitrogen and oxygen atoms in total. The summed E-state index contributed by atoms with van der Waals surface area (Å²) in [6, 6.07) is 8.04. The maximum atomic E-state index is 9.30. The summed E-state index contributed by atoms with van der Waals surface area (Å²) in [6.07, 6.45) is -0.730. The molecule has 0 amide bonds. The third kappa shape index (κ3) is 2.53. The third-order valence-corrected chi connectivity index (χ3v) is 2.63. The summed E-state index contributed by atoms with van der Waals surface area (Å²) in [5, 5.41) is 13.1. The van der Waals surface area contributed by atoms with Crippen molar-refractivity contribution in [1.82, 2.24) is 10.1 Å². The van der Waals surface area contributed by atoms with E-state index in [0.717, 1.165) is 5.56 Å². The molecule has 17 heavy (non-hydrogen) atoms. The number of rotatable bonds is 3. The number of hydrogen-bond donors (Lipinski definition) is 1. The molecule has 0 bridgehead atoms. The van der Waals surface area contributed by atoms with Crippen LogP contribution < -0.4 is 0 Å². The van der Waals surface area contributed by atoms with Crippen LogP contribution in [0.15, 0.2) is 28.8 Å². The Hall–Kier alpha value is -1.68. The summed E-state index contributed by atoms with van der Waals surface area (Å²) in [4.78, 5) is 4.13. The standard InChI is InChI=1S/C13H16N2O2/c1-8(2)10-4-6-11(7-5-10)12-14-13(9(3)16)17-15-12/h4-9,16H,1-3H3/t9-/m0/s1. The average molecular weight is 232 g/mol. The Labute approximate surface area is 100 Å².